The Bertz CT molecular complexity index is 1050. The predicted octanol–water partition coefficient (Wildman–Crippen LogP) is 4.85. The zero-order chi connectivity index (χ0) is 20.4. The molecule has 29 heavy (non-hydrogen) atoms. The first-order valence-electron chi connectivity index (χ1n) is 9.40. The van der Waals surface area contributed by atoms with E-state index in [1.54, 1.807) is 34.1 Å². The maximum Gasteiger partial charge on any atom is 0.321 e. The van der Waals surface area contributed by atoms with Crippen molar-refractivity contribution in [2.24, 2.45) is 0 Å². The third-order valence-electron chi connectivity index (χ3n) is 5.02. The van der Waals surface area contributed by atoms with Crippen LogP contribution in [0.15, 0.2) is 48.5 Å². The van der Waals surface area contributed by atoms with Gasteiger partial charge < -0.3 is 20.1 Å². The van der Waals surface area contributed by atoms with Crippen LogP contribution in [0.2, 0.25) is 10.0 Å². The SMILES string of the molecule is O=C(Nc1ccc(Cl)cc1)N1CCCN(C(=O)c2[nH]c3ccccc3c2Cl)CC1. The van der Waals surface area contributed by atoms with Crippen LogP contribution < -0.4 is 5.32 Å². The molecule has 1 saturated heterocycles. The third kappa shape index (κ3) is 4.18. The molecule has 0 bridgehead atoms. The zero-order valence-electron chi connectivity index (χ0n) is 15.6. The Morgan fingerprint density at radius 3 is 2.34 bits per heavy atom. The molecule has 0 saturated carbocycles. The van der Waals surface area contributed by atoms with Crippen LogP contribution in [0.4, 0.5) is 10.5 Å². The summed E-state index contributed by atoms with van der Waals surface area (Å²) in [6.07, 6.45) is 0.692. The topological polar surface area (TPSA) is 68.4 Å². The molecule has 1 aromatic heterocycles. The van der Waals surface area contributed by atoms with E-state index >= 15 is 0 Å². The van der Waals surface area contributed by atoms with E-state index in [9.17, 15) is 9.59 Å². The van der Waals surface area contributed by atoms with Crippen molar-refractivity contribution in [3.63, 3.8) is 0 Å². The highest BCUT2D eigenvalue weighted by Crippen LogP contribution is 2.28. The lowest BCUT2D eigenvalue weighted by atomic mass is 10.2. The molecule has 0 spiro atoms. The van der Waals surface area contributed by atoms with Gasteiger partial charge in [0.1, 0.15) is 5.69 Å². The van der Waals surface area contributed by atoms with Crippen molar-refractivity contribution in [1.29, 1.82) is 0 Å². The van der Waals surface area contributed by atoms with Crippen LogP contribution in [0.5, 0.6) is 0 Å². The Kier molecular flexibility index (Phi) is 5.65. The predicted molar refractivity (Wildman–Crippen MR) is 116 cm³/mol. The zero-order valence-corrected chi connectivity index (χ0v) is 17.1. The van der Waals surface area contributed by atoms with Gasteiger partial charge in [-0.25, -0.2) is 4.79 Å². The number of urea groups is 1. The van der Waals surface area contributed by atoms with Crippen molar-refractivity contribution in [2.45, 2.75) is 6.42 Å². The molecular weight excluding hydrogens is 411 g/mol. The molecule has 3 amide bonds. The van der Waals surface area contributed by atoms with E-state index in [-0.39, 0.29) is 11.9 Å². The first kappa shape index (κ1) is 19.6. The van der Waals surface area contributed by atoms with Crippen LogP contribution in [0, 0.1) is 0 Å². The van der Waals surface area contributed by atoms with Crippen LogP contribution in [0.1, 0.15) is 16.9 Å². The smallest absolute Gasteiger partial charge is 0.321 e. The summed E-state index contributed by atoms with van der Waals surface area (Å²) in [5, 5.41) is 4.75. The molecule has 8 heteroatoms. The minimum Gasteiger partial charge on any atom is -0.349 e. The number of amides is 3. The maximum absolute atomic E-state index is 13.0. The highest BCUT2D eigenvalue weighted by molar-refractivity contribution is 6.38. The molecule has 2 aromatic carbocycles. The van der Waals surface area contributed by atoms with Crippen molar-refractivity contribution < 1.29 is 9.59 Å². The Balaban J connectivity index is 1.42. The number of rotatable bonds is 2. The van der Waals surface area contributed by atoms with Gasteiger partial charge in [-0.2, -0.15) is 0 Å². The number of para-hydroxylation sites is 1. The number of nitrogens with one attached hydrogen (secondary N) is 2. The average Bonchev–Trinajstić information content (AvgIpc) is 2.90. The lowest BCUT2D eigenvalue weighted by molar-refractivity contribution is 0.0758. The van der Waals surface area contributed by atoms with E-state index in [1.807, 2.05) is 24.3 Å². The number of anilines is 1. The molecule has 1 aliphatic rings. The number of carbonyl (C=O) groups is 2. The van der Waals surface area contributed by atoms with Gasteiger partial charge >= 0.3 is 6.03 Å². The number of aromatic nitrogens is 1. The fourth-order valence-corrected chi connectivity index (χ4v) is 3.89. The minimum atomic E-state index is -0.190. The Morgan fingerprint density at radius 1 is 0.897 bits per heavy atom. The fraction of sp³-hybridized carbons (Fsp3) is 0.238. The van der Waals surface area contributed by atoms with Crippen molar-refractivity contribution in [1.82, 2.24) is 14.8 Å². The van der Waals surface area contributed by atoms with E-state index in [2.05, 4.69) is 10.3 Å². The lowest BCUT2D eigenvalue weighted by Gasteiger charge is -2.22. The number of hydrogen-bond donors (Lipinski definition) is 2. The third-order valence-corrected chi connectivity index (χ3v) is 5.67. The summed E-state index contributed by atoms with van der Waals surface area (Å²) in [4.78, 5) is 32.2. The normalized spacial score (nSPS) is 14.7. The van der Waals surface area contributed by atoms with E-state index in [1.165, 1.54) is 0 Å². The molecular formula is C21H20Cl2N4O2. The number of nitrogens with zero attached hydrogens (tertiary/aromatic N) is 2. The number of halogens is 2. The van der Waals surface area contributed by atoms with Crippen molar-refractivity contribution in [3.05, 3.63) is 64.3 Å². The second-order valence-electron chi connectivity index (χ2n) is 6.93. The number of fused-ring (bicyclic) bond motifs is 1. The highest BCUT2D eigenvalue weighted by Gasteiger charge is 2.26. The van der Waals surface area contributed by atoms with Gasteiger partial charge in [0.2, 0.25) is 0 Å². The molecule has 0 radical (unpaired) electrons. The van der Waals surface area contributed by atoms with E-state index < -0.39 is 0 Å². The number of hydrogen-bond acceptors (Lipinski definition) is 2. The van der Waals surface area contributed by atoms with Crippen molar-refractivity contribution >= 4 is 51.7 Å². The summed E-state index contributed by atoms with van der Waals surface area (Å²) >= 11 is 12.3. The number of H-pyrrole nitrogens is 1. The van der Waals surface area contributed by atoms with Crippen molar-refractivity contribution in [3.8, 4) is 0 Å². The molecule has 3 aromatic rings. The van der Waals surface area contributed by atoms with Gasteiger partial charge in [-0.1, -0.05) is 41.4 Å². The highest BCUT2D eigenvalue weighted by atomic mass is 35.5. The lowest BCUT2D eigenvalue weighted by Crippen LogP contribution is -2.39. The van der Waals surface area contributed by atoms with Gasteiger partial charge in [0.05, 0.1) is 5.02 Å². The first-order valence-corrected chi connectivity index (χ1v) is 10.2. The second-order valence-corrected chi connectivity index (χ2v) is 7.74. The van der Waals surface area contributed by atoms with Gasteiger partial charge in [-0.3, -0.25) is 4.79 Å². The number of benzene rings is 2. The van der Waals surface area contributed by atoms with Gasteiger partial charge in [-0.15, -0.1) is 0 Å². The Morgan fingerprint density at radius 2 is 1.59 bits per heavy atom. The molecule has 2 N–H and O–H groups in total. The molecule has 0 aliphatic carbocycles. The van der Waals surface area contributed by atoms with Crippen LogP contribution in [-0.4, -0.2) is 52.9 Å². The number of aromatic amines is 1. The summed E-state index contributed by atoms with van der Waals surface area (Å²) in [6, 6.07) is 14.3. The number of carbonyl (C=O) groups excluding carboxylic acids is 2. The summed E-state index contributed by atoms with van der Waals surface area (Å²) in [7, 11) is 0. The largest absolute Gasteiger partial charge is 0.349 e. The molecule has 4 rings (SSSR count). The molecule has 2 heterocycles. The van der Waals surface area contributed by atoms with Crippen molar-refractivity contribution in [2.75, 3.05) is 31.5 Å². The van der Waals surface area contributed by atoms with Crippen LogP contribution in [-0.2, 0) is 0 Å². The quantitative estimate of drug-likeness (QED) is 0.609. The van der Waals surface area contributed by atoms with Gasteiger partial charge in [0.25, 0.3) is 5.91 Å². The molecule has 0 unspecified atom stereocenters. The van der Waals surface area contributed by atoms with Gasteiger partial charge in [-0.05, 0) is 36.8 Å². The van der Waals surface area contributed by atoms with Crippen LogP contribution in [0.25, 0.3) is 10.9 Å². The van der Waals surface area contributed by atoms with Gasteiger partial charge in [0, 0.05) is 47.8 Å². The summed E-state index contributed by atoms with van der Waals surface area (Å²) < 4.78 is 0. The van der Waals surface area contributed by atoms with Crippen LogP contribution >= 0.6 is 23.2 Å². The monoisotopic (exact) mass is 430 g/mol. The van der Waals surface area contributed by atoms with E-state index in [4.69, 9.17) is 23.2 Å². The van der Waals surface area contributed by atoms with E-state index in [0.717, 1.165) is 10.9 Å². The van der Waals surface area contributed by atoms with E-state index in [0.29, 0.717) is 54.0 Å². The molecule has 0 atom stereocenters. The Hall–Kier alpha value is -2.70. The molecule has 150 valence electrons. The Labute approximate surface area is 178 Å². The van der Waals surface area contributed by atoms with Gasteiger partial charge in [0.15, 0.2) is 0 Å². The molecule has 1 fully saturated rings. The minimum absolute atomic E-state index is 0.147. The maximum atomic E-state index is 13.0. The second kappa shape index (κ2) is 8.35. The summed E-state index contributed by atoms with van der Waals surface area (Å²) in [5.41, 5.74) is 1.91. The van der Waals surface area contributed by atoms with Crippen LogP contribution in [0.3, 0.4) is 0 Å². The molecule has 6 nitrogen and oxygen atoms in total. The summed E-state index contributed by atoms with van der Waals surface area (Å²) in [5.74, 6) is -0.147. The standard InChI is InChI=1S/C21H20Cl2N4O2/c22-14-6-8-15(9-7-14)24-21(29)27-11-3-10-26(12-13-27)20(28)19-18(23)16-4-1-2-5-17(16)25-19/h1-2,4-9,25H,3,10-13H2,(H,24,29). The summed E-state index contributed by atoms with van der Waals surface area (Å²) in [6.45, 7) is 2.03. The molecule has 1 aliphatic heterocycles. The average molecular weight is 431 g/mol. The first-order chi connectivity index (χ1) is 14.0. The fourth-order valence-electron chi connectivity index (χ4n) is 3.47.